The third kappa shape index (κ3) is 2.69. The molecule has 1 amide bonds. The molecule has 0 saturated carbocycles. The van der Waals surface area contributed by atoms with Gasteiger partial charge >= 0.3 is 0 Å². The molecule has 1 atom stereocenters. The molecule has 0 radical (unpaired) electrons. The molecule has 2 heterocycles. The second kappa shape index (κ2) is 6.07. The van der Waals surface area contributed by atoms with E-state index in [0.717, 1.165) is 6.54 Å². The SMILES string of the molecule is CN(C)C(=O)C1CNCCN1c1nccc(C#N)c1Cl. The molecule has 1 N–H and O–H groups in total. The van der Waals surface area contributed by atoms with E-state index in [-0.39, 0.29) is 11.9 Å². The van der Waals surface area contributed by atoms with Crippen molar-refractivity contribution in [3.8, 4) is 6.07 Å². The van der Waals surface area contributed by atoms with Gasteiger partial charge in [-0.05, 0) is 6.07 Å². The first-order valence-corrected chi connectivity index (χ1v) is 6.67. The number of likely N-dealkylation sites (N-methyl/N-ethyl adjacent to an activating group) is 1. The van der Waals surface area contributed by atoms with Crippen LogP contribution in [-0.4, -0.2) is 55.6 Å². The fourth-order valence-electron chi connectivity index (χ4n) is 2.20. The minimum Gasteiger partial charge on any atom is -0.347 e. The number of hydrogen-bond acceptors (Lipinski definition) is 5. The van der Waals surface area contributed by atoms with Gasteiger partial charge in [0.25, 0.3) is 0 Å². The maximum atomic E-state index is 12.3. The van der Waals surface area contributed by atoms with Gasteiger partial charge in [-0.2, -0.15) is 5.26 Å². The van der Waals surface area contributed by atoms with E-state index in [0.29, 0.717) is 29.5 Å². The Morgan fingerprint density at radius 3 is 3.05 bits per heavy atom. The van der Waals surface area contributed by atoms with Gasteiger partial charge in [0, 0.05) is 39.9 Å². The molecule has 2 rings (SSSR count). The zero-order valence-corrected chi connectivity index (χ0v) is 12.2. The number of amides is 1. The minimum atomic E-state index is -0.363. The Labute approximate surface area is 122 Å². The normalized spacial score (nSPS) is 18.5. The summed E-state index contributed by atoms with van der Waals surface area (Å²) in [7, 11) is 3.44. The van der Waals surface area contributed by atoms with E-state index in [1.807, 2.05) is 11.0 Å². The molecule has 7 heteroatoms. The highest BCUT2D eigenvalue weighted by Crippen LogP contribution is 2.28. The van der Waals surface area contributed by atoms with Crippen LogP contribution >= 0.6 is 11.6 Å². The molecule has 20 heavy (non-hydrogen) atoms. The van der Waals surface area contributed by atoms with Gasteiger partial charge in [0.15, 0.2) is 0 Å². The maximum absolute atomic E-state index is 12.3. The molecule has 1 aliphatic heterocycles. The number of nitrogens with zero attached hydrogens (tertiary/aromatic N) is 4. The van der Waals surface area contributed by atoms with Gasteiger partial charge in [-0.15, -0.1) is 0 Å². The first-order valence-electron chi connectivity index (χ1n) is 6.29. The van der Waals surface area contributed by atoms with E-state index in [1.54, 1.807) is 31.3 Å². The van der Waals surface area contributed by atoms with Crippen molar-refractivity contribution < 1.29 is 4.79 Å². The van der Waals surface area contributed by atoms with Crippen molar-refractivity contribution in [2.45, 2.75) is 6.04 Å². The molecule has 6 nitrogen and oxygen atoms in total. The summed E-state index contributed by atoms with van der Waals surface area (Å²) in [6.45, 7) is 1.89. The number of carbonyl (C=O) groups is 1. The summed E-state index contributed by atoms with van der Waals surface area (Å²) in [5.41, 5.74) is 0.367. The van der Waals surface area contributed by atoms with Crippen LogP contribution < -0.4 is 10.2 Å². The van der Waals surface area contributed by atoms with Crippen molar-refractivity contribution in [1.29, 1.82) is 5.26 Å². The zero-order chi connectivity index (χ0) is 14.7. The topological polar surface area (TPSA) is 72.3 Å². The molecule has 0 spiro atoms. The fraction of sp³-hybridized carbons (Fsp3) is 0.462. The van der Waals surface area contributed by atoms with Gasteiger partial charge in [0.1, 0.15) is 23.0 Å². The number of hydrogen-bond donors (Lipinski definition) is 1. The number of anilines is 1. The number of piperazine rings is 1. The highest BCUT2D eigenvalue weighted by Gasteiger charge is 2.32. The van der Waals surface area contributed by atoms with Crippen LogP contribution in [0.3, 0.4) is 0 Å². The third-order valence-electron chi connectivity index (χ3n) is 3.23. The van der Waals surface area contributed by atoms with Crippen LogP contribution in [0.1, 0.15) is 5.56 Å². The summed E-state index contributed by atoms with van der Waals surface area (Å²) < 4.78 is 0. The molecule has 0 aliphatic carbocycles. The monoisotopic (exact) mass is 293 g/mol. The molecule has 1 aromatic heterocycles. The maximum Gasteiger partial charge on any atom is 0.246 e. The summed E-state index contributed by atoms with van der Waals surface area (Å²) in [5, 5.41) is 12.5. The van der Waals surface area contributed by atoms with E-state index < -0.39 is 0 Å². The third-order valence-corrected chi connectivity index (χ3v) is 3.61. The summed E-state index contributed by atoms with van der Waals surface area (Å²) >= 11 is 6.22. The van der Waals surface area contributed by atoms with Gasteiger partial charge in [0.2, 0.25) is 5.91 Å². The average Bonchev–Trinajstić information content (AvgIpc) is 2.46. The lowest BCUT2D eigenvalue weighted by molar-refractivity contribution is -0.130. The Hall–Kier alpha value is -1.84. The number of nitriles is 1. The molecule has 1 saturated heterocycles. The van der Waals surface area contributed by atoms with Crippen LogP contribution in [0, 0.1) is 11.3 Å². The predicted molar refractivity (Wildman–Crippen MR) is 76.7 cm³/mol. The highest BCUT2D eigenvalue weighted by atomic mass is 35.5. The second-order valence-corrected chi connectivity index (χ2v) is 5.13. The van der Waals surface area contributed by atoms with Gasteiger partial charge in [-0.1, -0.05) is 11.6 Å². The average molecular weight is 294 g/mol. The van der Waals surface area contributed by atoms with E-state index in [9.17, 15) is 4.79 Å². The Morgan fingerprint density at radius 1 is 1.65 bits per heavy atom. The van der Waals surface area contributed by atoms with E-state index in [1.165, 1.54) is 0 Å². The largest absolute Gasteiger partial charge is 0.347 e. The number of pyridine rings is 1. The van der Waals surface area contributed by atoms with Crippen molar-refractivity contribution in [2.24, 2.45) is 0 Å². The second-order valence-electron chi connectivity index (χ2n) is 4.75. The van der Waals surface area contributed by atoms with Crippen molar-refractivity contribution >= 4 is 23.3 Å². The number of aromatic nitrogens is 1. The van der Waals surface area contributed by atoms with Crippen LogP contribution in [0.2, 0.25) is 5.02 Å². The minimum absolute atomic E-state index is 0.0163. The van der Waals surface area contributed by atoms with Gasteiger partial charge in [-0.3, -0.25) is 4.79 Å². The van der Waals surface area contributed by atoms with E-state index in [2.05, 4.69) is 10.3 Å². The molecule has 1 aliphatic rings. The van der Waals surface area contributed by atoms with Crippen molar-refractivity contribution in [3.63, 3.8) is 0 Å². The van der Waals surface area contributed by atoms with Crippen LogP contribution in [0.25, 0.3) is 0 Å². The molecule has 106 valence electrons. The van der Waals surface area contributed by atoms with Crippen LogP contribution in [-0.2, 0) is 4.79 Å². The summed E-state index contributed by atoms with van der Waals surface area (Å²) in [6.07, 6.45) is 1.54. The standard InChI is InChI=1S/C13H16ClN5O/c1-18(2)13(20)10-8-16-5-6-19(10)12-11(14)9(7-15)3-4-17-12/h3-4,10,16H,5-6,8H2,1-2H3. The van der Waals surface area contributed by atoms with Gasteiger partial charge in [-0.25, -0.2) is 4.98 Å². The molecular weight excluding hydrogens is 278 g/mol. The number of halogens is 1. The molecule has 0 bridgehead atoms. The summed E-state index contributed by atoms with van der Waals surface area (Å²) in [6, 6.07) is 3.24. The first-order chi connectivity index (χ1) is 9.56. The lowest BCUT2D eigenvalue weighted by atomic mass is 10.1. The predicted octanol–water partition coefficient (Wildman–Crippen LogP) is 0.473. The Balaban J connectivity index is 2.38. The highest BCUT2D eigenvalue weighted by molar-refractivity contribution is 6.34. The Kier molecular flexibility index (Phi) is 4.42. The molecular formula is C13H16ClN5O. The van der Waals surface area contributed by atoms with E-state index >= 15 is 0 Å². The van der Waals surface area contributed by atoms with Crippen LogP contribution in [0.15, 0.2) is 12.3 Å². The van der Waals surface area contributed by atoms with E-state index in [4.69, 9.17) is 16.9 Å². The van der Waals surface area contributed by atoms with Crippen molar-refractivity contribution in [2.75, 3.05) is 38.6 Å². The quantitative estimate of drug-likeness (QED) is 0.858. The molecule has 0 aromatic carbocycles. The van der Waals surface area contributed by atoms with Gasteiger partial charge < -0.3 is 15.1 Å². The molecule has 1 aromatic rings. The lowest BCUT2D eigenvalue weighted by Crippen LogP contribution is -2.58. The van der Waals surface area contributed by atoms with Crippen molar-refractivity contribution in [3.05, 3.63) is 22.8 Å². The van der Waals surface area contributed by atoms with Crippen molar-refractivity contribution in [1.82, 2.24) is 15.2 Å². The molecule has 1 unspecified atom stereocenters. The number of carbonyl (C=O) groups excluding carboxylic acids is 1. The Bertz CT molecular complexity index is 554. The zero-order valence-electron chi connectivity index (χ0n) is 11.4. The number of rotatable bonds is 2. The number of nitrogens with one attached hydrogen (secondary N) is 1. The van der Waals surface area contributed by atoms with Gasteiger partial charge in [0.05, 0.1) is 5.56 Å². The first kappa shape index (κ1) is 14.6. The molecule has 1 fully saturated rings. The van der Waals surface area contributed by atoms with Crippen LogP contribution in [0.4, 0.5) is 5.82 Å². The Morgan fingerprint density at radius 2 is 2.40 bits per heavy atom. The summed E-state index contributed by atoms with van der Waals surface area (Å²) in [4.78, 5) is 19.9. The summed E-state index contributed by atoms with van der Waals surface area (Å²) in [5.74, 6) is 0.477. The fourth-order valence-corrected chi connectivity index (χ4v) is 2.46. The van der Waals surface area contributed by atoms with Crippen LogP contribution in [0.5, 0.6) is 0 Å². The smallest absolute Gasteiger partial charge is 0.246 e. The lowest BCUT2D eigenvalue weighted by Gasteiger charge is -2.37.